The molecule has 2 heterocycles. The SMILES string of the molecule is COC(=O)c1cc(I)[nH]n1.COC(=O)c1cc(N)n[nH]1. The Kier molecular flexibility index (Phi) is 5.96. The molecule has 108 valence electrons. The Labute approximate surface area is 127 Å². The number of hydrogen-bond donors (Lipinski definition) is 3. The number of carbonyl (C=O) groups excluding carboxylic acids is 2. The van der Waals surface area contributed by atoms with Gasteiger partial charge in [0.25, 0.3) is 0 Å². The number of H-pyrrole nitrogens is 2. The summed E-state index contributed by atoms with van der Waals surface area (Å²) in [7, 11) is 2.61. The van der Waals surface area contributed by atoms with E-state index in [1.54, 1.807) is 6.07 Å². The normalized spacial score (nSPS) is 9.35. The minimum Gasteiger partial charge on any atom is -0.464 e. The average molecular weight is 393 g/mol. The number of halogens is 1. The van der Waals surface area contributed by atoms with Crippen LogP contribution in [0.2, 0.25) is 0 Å². The van der Waals surface area contributed by atoms with Crippen molar-refractivity contribution in [1.82, 2.24) is 20.4 Å². The Morgan fingerprint density at radius 1 is 1.15 bits per heavy atom. The van der Waals surface area contributed by atoms with Crippen molar-refractivity contribution in [2.75, 3.05) is 20.0 Å². The summed E-state index contributed by atoms with van der Waals surface area (Å²) in [6.45, 7) is 0. The van der Waals surface area contributed by atoms with E-state index in [0.717, 1.165) is 3.70 Å². The van der Waals surface area contributed by atoms with Gasteiger partial charge in [0.15, 0.2) is 5.69 Å². The molecule has 0 aromatic carbocycles. The standard InChI is InChI=1S/C5H5IN2O2.C5H7N3O2/c2*1-10-5(9)3-2-4(6)8-7-3/h2H,1H3,(H,7,8);2H,1H3,(H3,6,7,8). The summed E-state index contributed by atoms with van der Waals surface area (Å²) in [6.07, 6.45) is 0. The summed E-state index contributed by atoms with van der Waals surface area (Å²) < 4.78 is 9.63. The van der Waals surface area contributed by atoms with Crippen molar-refractivity contribution in [3.8, 4) is 0 Å². The highest BCUT2D eigenvalue weighted by Gasteiger charge is 2.08. The third-order valence-corrected chi connectivity index (χ3v) is 2.50. The van der Waals surface area contributed by atoms with Crippen LogP contribution in [-0.4, -0.2) is 46.6 Å². The lowest BCUT2D eigenvalue weighted by atomic mass is 10.4. The van der Waals surface area contributed by atoms with E-state index in [2.05, 4.69) is 29.9 Å². The molecule has 0 aliphatic rings. The molecule has 0 amide bonds. The number of aromatic nitrogens is 4. The first-order valence-electron chi connectivity index (χ1n) is 5.16. The number of aromatic amines is 2. The van der Waals surface area contributed by atoms with Gasteiger partial charge in [-0.2, -0.15) is 10.2 Å². The molecule has 2 aromatic heterocycles. The Hall–Kier alpha value is -2.11. The van der Waals surface area contributed by atoms with Gasteiger partial charge in [0.1, 0.15) is 11.5 Å². The lowest BCUT2D eigenvalue weighted by molar-refractivity contribution is 0.0585. The zero-order valence-corrected chi connectivity index (χ0v) is 12.8. The Morgan fingerprint density at radius 3 is 2.20 bits per heavy atom. The number of esters is 2. The molecule has 0 aliphatic heterocycles. The molecule has 0 spiro atoms. The molecule has 0 fully saturated rings. The number of nitrogens with zero attached hydrogens (tertiary/aromatic N) is 2. The molecule has 2 aromatic rings. The van der Waals surface area contributed by atoms with Crippen molar-refractivity contribution in [3.05, 3.63) is 27.2 Å². The van der Waals surface area contributed by atoms with Gasteiger partial charge in [-0.15, -0.1) is 0 Å². The van der Waals surface area contributed by atoms with E-state index in [-0.39, 0.29) is 11.5 Å². The molecule has 0 saturated carbocycles. The van der Waals surface area contributed by atoms with Gasteiger partial charge in [0, 0.05) is 12.1 Å². The van der Waals surface area contributed by atoms with Crippen LogP contribution in [0.15, 0.2) is 12.1 Å². The van der Waals surface area contributed by atoms with Crippen molar-refractivity contribution in [1.29, 1.82) is 0 Å². The molecule has 0 radical (unpaired) electrons. The summed E-state index contributed by atoms with van der Waals surface area (Å²) >= 11 is 2.02. The number of ether oxygens (including phenoxy) is 2. The van der Waals surface area contributed by atoms with Crippen LogP contribution < -0.4 is 5.73 Å². The molecule has 0 bridgehead atoms. The van der Waals surface area contributed by atoms with Crippen LogP contribution in [0.5, 0.6) is 0 Å². The fourth-order valence-corrected chi connectivity index (χ4v) is 1.47. The van der Waals surface area contributed by atoms with Crippen LogP contribution in [0.25, 0.3) is 0 Å². The maximum Gasteiger partial charge on any atom is 0.358 e. The van der Waals surface area contributed by atoms with Gasteiger partial charge in [0.2, 0.25) is 0 Å². The maximum atomic E-state index is 10.7. The highest BCUT2D eigenvalue weighted by Crippen LogP contribution is 2.03. The van der Waals surface area contributed by atoms with Crippen LogP contribution in [0.1, 0.15) is 21.0 Å². The lowest BCUT2D eigenvalue weighted by Crippen LogP contribution is -2.00. The summed E-state index contributed by atoms with van der Waals surface area (Å²) in [4.78, 5) is 21.4. The number of nitrogens with one attached hydrogen (secondary N) is 2. The van der Waals surface area contributed by atoms with Gasteiger partial charge in [-0.3, -0.25) is 10.2 Å². The monoisotopic (exact) mass is 393 g/mol. The van der Waals surface area contributed by atoms with Gasteiger partial charge in [-0.05, 0) is 22.6 Å². The van der Waals surface area contributed by atoms with Crippen LogP contribution in [0.4, 0.5) is 5.82 Å². The molecule has 0 aliphatic carbocycles. The first-order valence-corrected chi connectivity index (χ1v) is 6.24. The van der Waals surface area contributed by atoms with E-state index in [1.165, 1.54) is 20.3 Å². The van der Waals surface area contributed by atoms with Crippen LogP contribution in [0.3, 0.4) is 0 Å². The predicted molar refractivity (Wildman–Crippen MR) is 77.0 cm³/mol. The fourth-order valence-electron chi connectivity index (χ4n) is 1.06. The van der Waals surface area contributed by atoms with E-state index < -0.39 is 11.9 Å². The second kappa shape index (κ2) is 7.47. The minimum absolute atomic E-state index is 0.264. The van der Waals surface area contributed by atoms with E-state index in [9.17, 15) is 9.59 Å². The van der Waals surface area contributed by atoms with Crippen molar-refractivity contribution < 1.29 is 19.1 Å². The summed E-state index contributed by atoms with van der Waals surface area (Å²) in [5.41, 5.74) is 5.80. The van der Waals surface area contributed by atoms with Gasteiger partial charge < -0.3 is 15.2 Å². The topological polar surface area (TPSA) is 136 Å². The second-order valence-corrected chi connectivity index (χ2v) is 4.45. The Bertz CT molecular complexity index is 542. The number of hydrogen-bond acceptors (Lipinski definition) is 7. The highest BCUT2D eigenvalue weighted by molar-refractivity contribution is 14.1. The molecule has 20 heavy (non-hydrogen) atoms. The van der Waals surface area contributed by atoms with Crippen molar-refractivity contribution >= 4 is 40.3 Å². The molecule has 10 heteroatoms. The van der Waals surface area contributed by atoms with Gasteiger partial charge >= 0.3 is 11.9 Å². The Balaban J connectivity index is 0.000000200. The third kappa shape index (κ3) is 4.53. The van der Waals surface area contributed by atoms with Crippen LogP contribution in [0, 0.1) is 3.70 Å². The van der Waals surface area contributed by atoms with Gasteiger partial charge in [0.05, 0.1) is 17.9 Å². The number of rotatable bonds is 2. The van der Waals surface area contributed by atoms with Crippen LogP contribution >= 0.6 is 22.6 Å². The average Bonchev–Trinajstić information content (AvgIpc) is 3.06. The van der Waals surface area contributed by atoms with Gasteiger partial charge in [-0.1, -0.05) is 0 Å². The number of nitrogen functional groups attached to an aromatic ring is 1. The first kappa shape index (κ1) is 15.9. The fraction of sp³-hybridized carbons (Fsp3) is 0.200. The number of methoxy groups -OCH3 is 2. The molecule has 9 nitrogen and oxygen atoms in total. The number of anilines is 1. The summed E-state index contributed by atoms with van der Waals surface area (Å²) in [5.74, 6) is -0.608. The van der Waals surface area contributed by atoms with Crippen LogP contribution in [-0.2, 0) is 9.47 Å². The van der Waals surface area contributed by atoms with Crippen molar-refractivity contribution in [2.24, 2.45) is 0 Å². The third-order valence-electron chi connectivity index (χ3n) is 1.94. The molecule has 0 saturated heterocycles. The second-order valence-electron chi connectivity index (χ2n) is 3.29. The smallest absolute Gasteiger partial charge is 0.358 e. The van der Waals surface area contributed by atoms with E-state index in [4.69, 9.17) is 5.73 Å². The highest BCUT2D eigenvalue weighted by atomic mass is 127. The molecule has 4 N–H and O–H groups in total. The predicted octanol–water partition coefficient (Wildman–Crippen LogP) is 0.579. The van der Waals surface area contributed by atoms with Crippen molar-refractivity contribution in [3.63, 3.8) is 0 Å². The zero-order chi connectivity index (χ0) is 15.1. The van der Waals surface area contributed by atoms with Crippen molar-refractivity contribution in [2.45, 2.75) is 0 Å². The van der Waals surface area contributed by atoms with E-state index in [1.807, 2.05) is 22.6 Å². The molecule has 2 rings (SSSR count). The lowest BCUT2D eigenvalue weighted by Gasteiger charge is -1.90. The first-order chi connectivity index (χ1) is 9.47. The molecular formula is C10H12IN5O4. The van der Waals surface area contributed by atoms with E-state index >= 15 is 0 Å². The molecular weight excluding hydrogens is 381 g/mol. The van der Waals surface area contributed by atoms with Gasteiger partial charge in [-0.25, -0.2) is 9.59 Å². The summed E-state index contributed by atoms with van der Waals surface area (Å²) in [5, 5.41) is 12.2. The quantitative estimate of drug-likeness (QED) is 0.502. The zero-order valence-electron chi connectivity index (χ0n) is 10.6. The maximum absolute atomic E-state index is 10.7. The summed E-state index contributed by atoms with van der Waals surface area (Å²) in [6, 6.07) is 3.03. The number of carbonyl (C=O) groups is 2. The largest absolute Gasteiger partial charge is 0.464 e. The molecule has 0 atom stereocenters. The number of nitrogens with two attached hydrogens (primary N) is 1. The van der Waals surface area contributed by atoms with E-state index in [0.29, 0.717) is 5.69 Å². The minimum atomic E-state index is -0.468. The Morgan fingerprint density at radius 2 is 1.80 bits per heavy atom. The molecule has 0 unspecified atom stereocenters.